The molecule has 1 N–H and O–H groups in total. The van der Waals surface area contributed by atoms with Gasteiger partial charge in [0, 0.05) is 0 Å². The first kappa shape index (κ1) is 11.7. The van der Waals surface area contributed by atoms with Gasteiger partial charge in [0.15, 0.2) is 5.82 Å². The summed E-state index contributed by atoms with van der Waals surface area (Å²) in [4.78, 5) is 12.5. The van der Waals surface area contributed by atoms with Crippen molar-refractivity contribution in [2.24, 2.45) is 0 Å². The van der Waals surface area contributed by atoms with Crippen LogP contribution in [0.5, 0.6) is 0 Å². The van der Waals surface area contributed by atoms with Gasteiger partial charge in [0.1, 0.15) is 5.82 Å². The number of hydrogen-bond acceptors (Lipinski definition) is 5. The van der Waals surface area contributed by atoms with Crippen LogP contribution in [0.2, 0.25) is 0 Å². The quantitative estimate of drug-likeness (QED) is 0.776. The molecule has 0 aliphatic rings. The normalized spacial score (nSPS) is 10.8. The van der Waals surface area contributed by atoms with Gasteiger partial charge in [-0.3, -0.25) is 10.1 Å². The predicted molar refractivity (Wildman–Crippen MR) is 67.7 cm³/mol. The summed E-state index contributed by atoms with van der Waals surface area (Å²) in [7, 11) is 0. The van der Waals surface area contributed by atoms with Crippen LogP contribution in [0.25, 0.3) is 4.96 Å². The van der Waals surface area contributed by atoms with Gasteiger partial charge in [-0.05, 0) is 19.1 Å². The van der Waals surface area contributed by atoms with Crippen molar-refractivity contribution in [3.05, 3.63) is 41.5 Å². The summed E-state index contributed by atoms with van der Waals surface area (Å²) in [5, 5.41) is 14.7. The van der Waals surface area contributed by atoms with E-state index in [1.54, 1.807) is 13.0 Å². The largest absolute Gasteiger partial charge is 0.296 e. The molecule has 0 atom stereocenters. The Bertz CT molecular complexity index is 765. The Kier molecular flexibility index (Phi) is 2.71. The minimum atomic E-state index is -0.570. The van der Waals surface area contributed by atoms with Crippen LogP contribution in [-0.2, 0) is 0 Å². The lowest BCUT2D eigenvalue weighted by molar-refractivity contribution is 0.102. The number of aromatic nitrogens is 4. The first-order chi connectivity index (χ1) is 9.15. The van der Waals surface area contributed by atoms with Gasteiger partial charge >= 0.3 is 0 Å². The smallest absolute Gasteiger partial charge is 0.260 e. The highest BCUT2D eigenvalue weighted by Gasteiger charge is 2.14. The fraction of sp³-hybridized carbons (Fsp3) is 0.0909. The number of amides is 1. The molecule has 0 saturated carbocycles. The number of anilines is 1. The zero-order chi connectivity index (χ0) is 13.4. The van der Waals surface area contributed by atoms with Gasteiger partial charge < -0.3 is 0 Å². The second-order valence-electron chi connectivity index (χ2n) is 3.78. The van der Waals surface area contributed by atoms with E-state index in [-0.39, 0.29) is 5.56 Å². The fourth-order valence-corrected chi connectivity index (χ4v) is 2.36. The van der Waals surface area contributed by atoms with E-state index in [0.717, 1.165) is 0 Å². The fourth-order valence-electron chi connectivity index (χ4n) is 1.58. The molecule has 8 heteroatoms. The van der Waals surface area contributed by atoms with Crippen molar-refractivity contribution in [1.29, 1.82) is 0 Å². The minimum Gasteiger partial charge on any atom is -0.296 e. The highest BCUT2D eigenvalue weighted by atomic mass is 32.1. The Balaban J connectivity index is 1.88. The molecule has 2 aromatic heterocycles. The van der Waals surface area contributed by atoms with Gasteiger partial charge in [0.05, 0.1) is 5.56 Å². The number of halogens is 1. The molecule has 3 aromatic rings. The van der Waals surface area contributed by atoms with Gasteiger partial charge in [-0.2, -0.15) is 4.52 Å². The maximum Gasteiger partial charge on any atom is 0.260 e. The average Bonchev–Trinajstić information content (AvgIpc) is 2.92. The molecular weight excluding hydrogens is 269 g/mol. The summed E-state index contributed by atoms with van der Waals surface area (Å²) in [6.07, 6.45) is 0. The van der Waals surface area contributed by atoms with Gasteiger partial charge in [0.2, 0.25) is 10.1 Å². The molecule has 0 saturated heterocycles. The number of carbonyl (C=O) groups is 1. The zero-order valence-electron chi connectivity index (χ0n) is 9.79. The Morgan fingerprint density at radius 2 is 2.16 bits per heavy atom. The van der Waals surface area contributed by atoms with Crippen LogP contribution in [0.3, 0.4) is 0 Å². The van der Waals surface area contributed by atoms with Crippen LogP contribution >= 0.6 is 11.3 Å². The monoisotopic (exact) mass is 277 g/mol. The van der Waals surface area contributed by atoms with E-state index in [2.05, 4.69) is 20.6 Å². The number of nitrogens with one attached hydrogen (secondary N) is 1. The van der Waals surface area contributed by atoms with Gasteiger partial charge in [-0.1, -0.05) is 23.5 Å². The topological polar surface area (TPSA) is 72.2 Å². The first-order valence-corrected chi connectivity index (χ1v) is 6.21. The first-order valence-electron chi connectivity index (χ1n) is 5.40. The van der Waals surface area contributed by atoms with Crippen LogP contribution in [0.15, 0.2) is 24.3 Å². The van der Waals surface area contributed by atoms with Crippen molar-refractivity contribution in [1.82, 2.24) is 19.8 Å². The number of hydrogen-bond donors (Lipinski definition) is 1. The zero-order valence-corrected chi connectivity index (χ0v) is 10.6. The molecule has 0 unspecified atom stereocenters. The van der Waals surface area contributed by atoms with Crippen LogP contribution in [0.4, 0.5) is 9.52 Å². The third kappa shape index (κ3) is 2.06. The molecule has 0 bridgehead atoms. The van der Waals surface area contributed by atoms with E-state index in [1.165, 1.54) is 34.1 Å². The Morgan fingerprint density at radius 3 is 2.89 bits per heavy atom. The van der Waals surface area contributed by atoms with Gasteiger partial charge in [-0.25, -0.2) is 4.39 Å². The number of rotatable bonds is 2. The molecule has 0 spiro atoms. The van der Waals surface area contributed by atoms with Crippen molar-refractivity contribution in [3.63, 3.8) is 0 Å². The highest BCUT2D eigenvalue weighted by Crippen LogP contribution is 2.19. The SMILES string of the molecule is Cc1nnc2sc(NC(=O)c3ccccc3F)nn12. The molecule has 19 heavy (non-hydrogen) atoms. The van der Waals surface area contributed by atoms with Crippen molar-refractivity contribution < 1.29 is 9.18 Å². The van der Waals surface area contributed by atoms with Gasteiger partial charge in [0.25, 0.3) is 5.91 Å². The molecule has 0 fully saturated rings. The Labute approximate surface area is 110 Å². The van der Waals surface area contributed by atoms with E-state index >= 15 is 0 Å². The van der Waals surface area contributed by atoms with E-state index in [0.29, 0.717) is 15.9 Å². The van der Waals surface area contributed by atoms with Crippen LogP contribution in [0, 0.1) is 12.7 Å². The summed E-state index contributed by atoms with van der Waals surface area (Å²) in [6, 6.07) is 5.77. The Morgan fingerprint density at radius 1 is 1.37 bits per heavy atom. The van der Waals surface area contributed by atoms with Crippen LogP contribution in [-0.4, -0.2) is 25.7 Å². The standard InChI is InChI=1S/C11H8FN5OS/c1-6-14-15-11-17(6)16-10(19-11)13-9(18)7-4-2-3-5-8(7)12/h2-5H,1H3,(H,13,16,18). The number of nitrogens with zero attached hydrogens (tertiary/aromatic N) is 4. The van der Waals surface area contributed by atoms with Crippen molar-refractivity contribution in [3.8, 4) is 0 Å². The minimum absolute atomic E-state index is 0.0230. The maximum atomic E-state index is 13.4. The highest BCUT2D eigenvalue weighted by molar-refractivity contribution is 7.20. The molecule has 3 rings (SSSR count). The van der Waals surface area contributed by atoms with Crippen molar-refractivity contribution in [2.45, 2.75) is 6.92 Å². The lowest BCUT2D eigenvalue weighted by Gasteiger charge is -2.01. The van der Waals surface area contributed by atoms with Crippen molar-refractivity contribution in [2.75, 3.05) is 5.32 Å². The van der Waals surface area contributed by atoms with Gasteiger partial charge in [-0.15, -0.1) is 15.3 Å². The number of benzene rings is 1. The molecule has 0 aliphatic carbocycles. The number of aryl methyl sites for hydroxylation is 1. The molecule has 0 radical (unpaired) electrons. The average molecular weight is 277 g/mol. The molecule has 6 nitrogen and oxygen atoms in total. The summed E-state index contributed by atoms with van der Waals surface area (Å²) in [6.45, 7) is 1.75. The Hall–Kier alpha value is -2.35. The second-order valence-corrected chi connectivity index (χ2v) is 4.74. The number of fused-ring (bicyclic) bond motifs is 1. The molecule has 96 valence electrons. The molecule has 0 aliphatic heterocycles. The molecule has 2 heterocycles. The summed E-state index contributed by atoms with van der Waals surface area (Å²) >= 11 is 1.17. The van der Waals surface area contributed by atoms with E-state index in [1.807, 2.05) is 0 Å². The lowest BCUT2D eigenvalue weighted by Crippen LogP contribution is -2.13. The third-order valence-electron chi connectivity index (χ3n) is 2.49. The summed E-state index contributed by atoms with van der Waals surface area (Å²) < 4.78 is 15.0. The predicted octanol–water partition coefficient (Wildman–Crippen LogP) is 1.89. The third-order valence-corrected chi connectivity index (χ3v) is 3.30. The number of carbonyl (C=O) groups excluding carboxylic acids is 1. The summed E-state index contributed by atoms with van der Waals surface area (Å²) in [5.74, 6) is -0.488. The molecule has 1 aromatic carbocycles. The van der Waals surface area contributed by atoms with Crippen LogP contribution < -0.4 is 5.32 Å². The van der Waals surface area contributed by atoms with E-state index in [4.69, 9.17) is 0 Å². The lowest BCUT2D eigenvalue weighted by atomic mass is 10.2. The molecule has 1 amide bonds. The van der Waals surface area contributed by atoms with Crippen LogP contribution in [0.1, 0.15) is 16.2 Å². The second kappa shape index (κ2) is 4.39. The molecular formula is C11H8FN5OS. The van der Waals surface area contributed by atoms with E-state index < -0.39 is 11.7 Å². The van der Waals surface area contributed by atoms with E-state index in [9.17, 15) is 9.18 Å². The summed E-state index contributed by atoms with van der Waals surface area (Å²) in [5.41, 5.74) is -0.0230. The maximum absolute atomic E-state index is 13.4. The van der Waals surface area contributed by atoms with Crippen molar-refractivity contribution >= 4 is 27.3 Å².